The average molecular weight is 427 g/mol. The summed E-state index contributed by atoms with van der Waals surface area (Å²) in [5.41, 5.74) is -0.891. The largest absolute Gasteiger partial charge is 0.385 e. The van der Waals surface area contributed by atoms with Gasteiger partial charge in [-0.3, -0.25) is 0 Å². The summed E-state index contributed by atoms with van der Waals surface area (Å²) in [4.78, 5) is 1.41. The van der Waals surface area contributed by atoms with E-state index in [1.165, 1.54) is 0 Å². The predicted molar refractivity (Wildman–Crippen MR) is 78.7 cm³/mol. The van der Waals surface area contributed by atoms with Crippen LogP contribution in [0.4, 0.5) is 0 Å². The number of hydrogen-bond donors (Lipinski definition) is 1. The van der Waals surface area contributed by atoms with E-state index in [0.717, 1.165) is 6.42 Å². The van der Waals surface area contributed by atoms with E-state index in [-0.39, 0.29) is 14.5 Å². The van der Waals surface area contributed by atoms with Crippen LogP contribution < -0.4 is 0 Å². The normalized spacial score (nSPS) is 21.3. The van der Waals surface area contributed by atoms with Gasteiger partial charge in [0.15, 0.2) is 0 Å². The lowest BCUT2D eigenvalue weighted by Crippen LogP contribution is -2.38. The van der Waals surface area contributed by atoms with Crippen LogP contribution in [0.1, 0.15) is 27.2 Å². The van der Waals surface area contributed by atoms with Gasteiger partial charge in [-0.2, -0.15) is 0 Å². The maximum atomic E-state index is 10.1. The first-order chi connectivity index (χ1) is 6.61. The fraction of sp³-hybridized carbons (Fsp3) is 0.800. The van der Waals surface area contributed by atoms with Gasteiger partial charge < -0.3 is 5.11 Å². The molecule has 0 fully saturated rings. The van der Waals surface area contributed by atoms with Crippen molar-refractivity contribution in [3.05, 3.63) is 11.1 Å². The minimum absolute atomic E-state index is 0.0544. The molecule has 3 atom stereocenters. The van der Waals surface area contributed by atoms with Gasteiger partial charge in [-0.15, -0.1) is 11.6 Å². The van der Waals surface area contributed by atoms with E-state index in [1.807, 2.05) is 13.8 Å². The first-order valence-corrected chi connectivity index (χ1v) is 7.71. The van der Waals surface area contributed by atoms with Gasteiger partial charge in [-0.25, -0.2) is 0 Å². The van der Waals surface area contributed by atoms with Gasteiger partial charge in [0, 0.05) is 9.65 Å². The van der Waals surface area contributed by atoms with Crippen LogP contribution in [0.2, 0.25) is 0 Å². The number of halogens is 4. The molecule has 1 N–H and O–H groups in total. The van der Waals surface area contributed by atoms with Gasteiger partial charge in [0.2, 0.25) is 0 Å². The van der Waals surface area contributed by atoms with E-state index in [9.17, 15) is 5.11 Å². The molecular formula is C10H16Br3ClO. The van der Waals surface area contributed by atoms with Crippen molar-refractivity contribution >= 4 is 59.4 Å². The Morgan fingerprint density at radius 3 is 2.07 bits per heavy atom. The van der Waals surface area contributed by atoms with E-state index in [4.69, 9.17) is 11.6 Å². The van der Waals surface area contributed by atoms with Gasteiger partial charge in [0.25, 0.3) is 0 Å². The molecule has 0 heterocycles. The molecule has 0 unspecified atom stereocenters. The Morgan fingerprint density at radius 1 is 1.27 bits per heavy atom. The van der Waals surface area contributed by atoms with Gasteiger partial charge in [-0.05, 0) is 38.3 Å². The summed E-state index contributed by atoms with van der Waals surface area (Å²) in [6, 6.07) is 0. The first kappa shape index (κ1) is 16.4. The third-order valence-corrected chi connectivity index (χ3v) is 5.80. The molecule has 15 heavy (non-hydrogen) atoms. The standard InChI is InChI=1S/C10H16Br3ClO/c1-9(2,14)7(12)6-8(13)10(3,15)4-5-11/h4-5,7-8,15H,6H2,1-3H3/b5-4+/t7-,8-,10-/m0/s1. The zero-order valence-corrected chi connectivity index (χ0v) is 14.5. The Labute approximate surface area is 122 Å². The second-order valence-electron chi connectivity index (χ2n) is 4.25. The topological polar surface area (TPSA) is 20.2 Å². The molecular weight excluding hydrogens is 411 g/mol. The molecule has 0 saturated heterocycles. The molecule has 1 nitrogen and oxygen atoms in total. The van der Waals surface area contributed by atoms with Crippen LogP contribution in [0.5, 0.6) is 0 Å². The Kier molecular flexibility index (Phi) is 6.99. The number of alkyl halides is 3. The van der Waals surface area contributed by atoms with Gasteiger partial charge in [0.05, 0.1) is 10.5 Å². The van der Waals surface area contributed by atoms with Crippen LogP contribution in [0, 0.1) is 0 Å². The molecule has 0 spiro atoms. The average Bonchev–Trinajstić information content (AvgIpc) is 2.01. The number of hydrogen-bond acceptors (Lipinski definition) is 1. The highest BCUT2D eigenvalue weighted by Crippen LogP contribution is 2.34. The molecule has 0 rings (SSSR count). The van der Waals surface area contributed by atoms with Crippen molar-refractivity contribution in [2.75, 3.05) is 0 Å². The fourth-order valence-electron chi connectivity index (χ4n) is 0.932. The molecule has 5 heteroatoms. The molecule has 0 amide bonds. The minimum atomic E-state index is -0.891. The Morgan fingerprint density at radius 2 is 1.73 bits per heavy atom. The molecule has 0 aromatic heterocycles. The number of rotatable bonds is 5. The molecule has 0 aliphatic rings. The highest BCUT2D eigenvalue weighted by atomic mass is 79.9. The lowest BCUT2D eigenvalue weighted by atomic mass is 9.95. The summed E-state index contributed by atoms with van der Waals surface area (Å²) in [6.45, 7) is 5.65. The molecule has 90 valence electrons. The molecule has 0 radical (unpaired) electrons. The first-order valence-electron chi connectivity index (χ1n) is 4.58. The molecule has 0 aromatic rings. The summed E-state index contributed by atoms with van der Waals surface area (Å²) in [5, 5.41) is 10.1. The van der Waals surface area contributed by atoms with E-state index in [1.54, 1.807) is 18.0 Å². The van der Waals surface area contributed by atoms with E-state index < -0.39 is 5.60 Å². The zero-order valence-electron chi connectivity index (χ0n) is 8.98. The van der Waals surface area contributed by atoms with Crippen LogP contribution in [0.3, 0.4) is 0 Å². The lowest BCUT2D eigenvalue weighted by Gasteiger charge is -2.31. The summed E-state index contributed by atoms with van der Waals surface area (Å²) < 4.78 is 0. The van der Waals surface area contributed by atoms with E-state index >= 15 is 0 Å². The van der Waals surface area contributed by atoms with Crippen molar-refractivity contribution < 1.29 is 5.11 Å². The third kappa shape index (κ3) is 6.06. The molecule has 0 aliphatic carbocycles. The van der Waals surface area contributed by atoms with Crippen LogP contribution in [-0.4, -0.2) is 25.2 Å². The SMILES string of the molecule is CC(C)(Cl)[C@@H](Br)C[C@H](Br)[C@@](C)(O)/C=C/Br. The molecule has 0 saturated carbocycles. The van der Waals surface area contributed by atoms with Crippen LogP contribution >= 0.6 is 59.4 Å². The fourth-order valence-corrected chi connectivity index (χ4v) is 2.96. The Balaban J connectivity index is 4.43. The second-order valence-corrected chi connectivity index (χ2v) is 7.97. The van der Waals surface area contributed by atoms with Crippen molar-refractivity contribution in [3.63, 3.8) is 0 Å². The van der Waals surface area contributed by atoms with E-state index in [2.05, 4.69) is 47.8 Å². The quantitative estimate of drug-likeness (QED) is 0.637. The zero-order chi connectivity index (χ0) is 12.3. The van der Waals surface area contributed by atoms with Gasteiger partial charge in [-0.1, -0.05) is 47.8 Å². The summed E-state index contributed by atoms with van der Waals surface area (Å²) in [6.07, 6.45) is 2.44. The highest BCUT2D eigenvalue weighted by molar-refractivity contribution is 9.11. The smallest absolute Gasteiger partial charge is 0.0932 e. The number of aliphatic hydroxyl groups is 1. The summed E-state index contributed by atoms with van der Waals surface area (Å²) in [5.74, 6) is 0. The lowest BCUT2D eigenvalue weighted by molar-refractivity contribution is 0.108. The molecule has 0 aliphatic heterocycles. The van der Waals surface area contributed by atoms with Crippen LogP contribution in [0.15, 0.2) is 11.1 Å². The third-order valence-electron chi connectivity index (χ3n) is 2.19. The molecule has 0 bridgehead atoms. The second kappa shape index (κ2) is 6.39. The predicted octanol–water partition coefficient (Wildman–Crippen LogP) is 4.58. The summed E-state index contributed by atoms with van der Waals surface area (Å²) >= 11 is 16.4. The van der Waals surface area contributed by atoms with Gasteiger partial charge >= 0.3 is 0 Å². The van der Waals surface area contributed by atoms with Crippen molar-refractivity contribution in [1.29, 1.82) is 0 Å². The molecule has 0 aromatic carbocycles. The van der Waals surface area contributed by atoms with Crippen molar-refractivity contribution in [1.82, 2.24) is 0 Å². The Bertz CT molecular complexity index is 223. The maximum absolute atomic E-state index is 10.1. The van der Waals surface area contributed by atoms with E-state index in [0.29, 0.717) is 0 Å². The van der Waals surface area contributed by atoms with Crippen LogP contribution in [0.25, 0.3) is 0 Å². The minimum Gasteiger partial charge on any atom is -0.385 e. The maximum Gasteiger partial charge on any atom is 0.0932 e. The summed E-state index contributed by atoms with van der Waals surface area (Å²) in [7, 11) is 0. The van der Waals surface area contributed by atoms with Crippen molar-refractivity contribution in [2.24, 2.45) is 0 Å². The van der Waals surface area contributed by atoms with Crippen molar-refractivity contribution in [3.8, 4) is 0 Å². The van der Waals surface area contributed by atoms with Gasteiger partial charge in [0.1, 0.15) is 0 Å². The van der Waals surface area contributed by atoms with Crippen molar-refractivity contribution in [2.45, 2.75) is 47.3 Å². The highest BCUT2D eigenvalue weighted by Gasteiger charge is 2.33. The Hall–Kier alpha value is 1.43. The monoisotopic (exact) mass is 424 g/mol. The van der Waals surface area contributed by atoms with Crippen LogP contribution in [-0.2, 0) is 0 Å².